The predicted molar refractivity (Wildman–Crippen MR) is 118 cm³/mol. The number of aromatic nitrogens is 2. The molecular weight excluding hydrogens is 476 g/mol. The molecule has 0 aliphatic rings. The molecule has 2 aromatic rings. The number of hydrogen-bond acceptors (Lipinski definition) is 5. The van der Waals surface area contributed by atoms with E-state index in [1.54, 1.807) is 19.2 Å². The summed E-state index contributed by atoms with van der Waals surface area (Å²) in [6.45, 7) is 7.22. The first-order valence-electron chi connectivity index (χ1n) is 9.21. The van der Waals surface area contributed by atoms with Gasteiger partial charge in [-0.3, -0.25) is 4.99 Å². The van der Waals surface area contributed by atoms with Gasteiger partial charge in [-0.2, -0.15) is 4.98 Å². The minimum atomic E-state index is -0.311. The molecule has 0 saturated heterocycles. The van der Waals surface area contributed by atoms with E-state index in [1.165, 1.54) is 12.1 Å². The molecule has 0 bridgehead atoms. The Morgan fingerprint density at radius 1 is 1.32 bits per heavy atom. The average Bonchev–Trinajstić information content (AvgIpc) is 3.12. The molecule has 1 unspecified atom stereocenters. The van der Waals surface area contributed by atoms with Gasteiger partial charge in [-0.05, 0) is 18.6 Å². The number of hydrogen-bond donors (Lipinski definition) is 2. The maximum absolute atomic E-state index is 13.3. The summed E-state index contributed by atoms with van der Waals surface area (Å²) in [7, 11) is 1.70. The van der Waals surface area contributed by atoms with E-state index in [0.29, 0.717) is 42.9 Å². The molecule has 1 aromatic heterocycles. The second kappa shape index (κ2) is 12.5. The summed E-state index contributed by atoms with van der Waals surface area (Å²) in [6, 6.07) is 6.15. The first kappa shape index (κ1) is 24.1. The molecule has 2 rings (SSSR count). The molecule has 28 heavy (non-hydrogen) atoms. The van der Waals surface area contributed by atoms with Crippen LogP contribution in [-0.4, -0.2) is 42.3 Å². The normalized spacial score (nSPS) is 12.4. The monoisotopic (exact) mass is 505 g/mol. The third-order valence-corrected chi connectivity index (χ3v) is 3.91. The van der Waals surface area contributed by atoms with Crippen LogP contribution in [0.1, 0.15) is 44.8 Å². The number of guanidine groups is 1. The topological polar surface area (TPSA) is 84.6 Å². The van der Waals surface area contributed by atoms with Gasteiger partial charge in [0.05, 0.1) is 6.54 Å². The van der Waals surface area contributed by atoms with E-state index in [2.05, 4.69) is 25.8 Å². The fourth-order valence-corrected chi connectivity index (χ4v) is 2.33. The SMILES string of the molecule is CCC(CNC(=NC)NCCc1nc(C(C)C)no1)Oc1cccc(F)c1.I. The van der Waals surface area contributed by atoms with Gasteiger partial charge in [0, 0.05) is 32.0 Å². The Labute approximate surface area is 182 Å². The Kier molecular flexibility index (Phi) is 10.8. The van der Waals surface area contributed by atoms with Crippen LogP contribution >= 0.6 is 24.0 Å². The Hall–Kier alpha value is -1.91. The Morgan fingerprint density at radius 3 is 2.71 bits per heavy atom. The van der Waals surface area contributed by atoms with Gasteiger partial charge in [0.25, 0.3) is 0 Å². The van der Waals surface area contributed by atoms with E-state index in [9.17, 15) is 4.39 Å². The number of halogens is 2. The van der Waals surface area contributed by atoms with Crippen molar-refractivity contribution in [2.24, 2.45) is 4.99 Å². The van der Waals surface area contributed by atoms with Gasteiger partial charge in [-0.15, -0.1) is 24.0 Å². The van der Waals surface area contributed by atoms with Crippen LogP contribution in [0.5, 0.6) is 5.75 Å². The highest BCUT2D eigenvalue weighted by Gasteiger charge is 2.11. The third kappa shape index (κ3) is 7.99. The number of ether oxygens (including phenoxy) is 1. The largest absolute Gasteiger partial charge is 0.489 e. The quantitative estimate of drug-likeness (QED) is 0.308. The average molecular weight is 505 g/mol. The zero-order chi connectivity index (χ0) is 19.6. The molecule has 1 heterocycles. The molecule has 0 fully saturated rings. The molecule has 0 radical (unpaired) electrons. The third-order valence-electron chi connectivity index (χ3n) is 3.91. The number of rotatable bonds is 9. The molecule has 0 aliphatic heterocycles. The molecule has 156 valence electrons. The molecule has 1 aromatic carbocycles. The summed E-state index contributed by atoms with van der Waals surface area (Å²) < 4.78 is 24.3. The van der Waals surface area contributed by atoms with Gasteiger partial charge in [-0.25, -0.2) is 4.39 Å². The van der Waals surface area contributed by atoms with Crippen LogP contribution in [0.25, 0.3) is 0 Å². The van der Waals surface area contributed by atoms with Gasteiger partial charge in [-0.1, -0.05) is 32.0 Å². The molecule has 0 amide bonds. The zero-order valence-electron chi connectivity index (χ0n) is 16.7. The highest BCUT2D eigenvalue weighted by molar-refractivity contribution is 14.0. The van der Waals surface area contributed by atoms with Gasteiger partial charge in [0.1, 0.15) is 17.7 Å². The van der Waals surface area contributed by atoms with Crippen molar-refractivity contribution in [2.45, 2.75) is 45.6 Å². The van der Waals surface area contributed by atoms with Gasteiger partial charge < -0.3 is 19.9 Å². The fraction of sp³-hybridized carbons (Fsp3) is 0.526. The number of aliphatic imine (C=N–C) groups is 1. The minimum Gasteiger partial charge on any atom is -0.489 e. The van der Waals surface area contributed by atoms with Crippen LogP contribution in [0.3, 0.4) is 0 Å². The first-order chi connectivity index (χ1) is 13.0. The lowest BCUT2D eigenvalue weighted by atomic mass is 10.2. The highest BCUT2D eigenvalue weighted by atomic mass is 127. The van der Waals surface area contributed by atoms with Crippen LogP contribution in [0.15, 0.2) is 33.8 Å². The van der Waals surface area contributed by atoms with E-state index >= 15 is 0 Å². The molecule has 7 nitrogen and oxygen atoms in total. The molecule has 0 saturated carbocycles. The van der Waals surface area contributed by atoms with Crippen LogP contribution in [-0.2, 0) is 6.42 Å². The summed E-state index contributed by atoms with van der Waals surface area (Å²) in [6.07, 6.45) is 1.28. The number of benzene rings is 1. The number of nitrogens with zero attached hydrogens (tertiary/aromatic N) is 3. The number of nitrogens with one attached hydrogen (secondary N) is 2. The van der Waals surface area contributed by atoms with Crippen molar-refractivity contribution in [1.29, 1.82) is 0 Å². The Bertz CT molecular complexity index is 739. The van der Waals surface area contributed by atoms with E-state index in [1.807, 2.05) is 20.8 Å². The van der Waals surface area contributed by atoms with E-state index in [0.717, 1.165) is 6.42 Å². The second-order valence-corrected chi connectivity index (χ2v) is 6.44. The molecule has 2 N–H and O–H groups in total. The first-order valence-corrected chi connectivity index (χ1v) is 9.21. The molecule has 9 heteroatoms. The van der Waals surface area contributed by atoms with E-state index in [4.69, 9.17) is 9.26 Å². The van der Waals surface area contributed by atoms with Crippen molar-refractivity contribution in [3.63, 3.8) is 0 Å². The van der Waals surface area contributed by atoms with Gasteiger partial charge in [0.15, 0.2) is 11.8 Å². The lowest BCUT2D eigenvalue weighted by Crippen LogP contribution is -2.43. The van der Waals surface area contributed by atoms with Crippen molar-refractivity contribution in [3.8, 4) is 5.75 Å². The van der Waals surface area contributed by atoms with Crippen molar-refractivity contribution in [3.05, 3.63) is 41.8 Å². The standard InChI is InChI=1S/C19H28FN5O2.HI/c1-5-15(26-16-8-6-7-14(20)11-16)12-23-19(21-4)22-10-9-17-24-18(13(2)3)25-27-17;/h6-8,11,13,15H,5,9-10,12H2,1-4H3,(H2,21,22,23);1H. The zero-order valence-corrected chi connectivity index (χ0v) is 19.1. The van der Waals surface area contributed by atoms with Crippen molar-refractivity contribution in [1.82, 2.24) is 20.8 Å². The Morgan fingerprint density at radius 2 is 2.11 bits per heavy atom. The van der Waals surface area contributed by atoms with Crippen molar-refractivity contribution >= 4 is 29.9 Å². The highest BCUT2D eigenvalue weighted by Crippen LogP contribution is 2.14. The van der Waals surface area contributed by atoms with E-state index < -0.39 is 0 Å². The van der Waals surface area contributed by atoms with Crippen LogP contribution in [0, 0.1) is 5.82 Å². The molecule has 1 atom stereocenters. The van der Waals surface area contributed by atoms with Crippen LogP contribution in [0.4, 0.5) is 4.39 Å². The minimum absolute atomic E-state index is 0. The van der Waals surface area contributed by atoms with Crippen molar-refractivity contribution in [2.75, 3.05) is 20.1 Å². The predicted octanol–water partition coefficient (Wildman–Crippen LogP) is 3.52. The molecule has 0 spiro atoms. The second-order valence-electron chi connectivity index (χ2n) is 6.44. The lowest BCUT2D eigenvalue weighted by molar-refractivity contribution is 0.199. The summed E-state index contributed by atoms with van der Waals surface area (Å²) in [5.41, 5.74) is 0. The summed E-state index contributed by atoms with van der Waals surface area (Å²) >= 11 is 0. The van der Waals surface area contributed by atoms with Crippen LogP contribution < -0.4 is 15.4 Å². The van der Waals surface area contributed by atoms with Crippen LogP contribution in [0.2, 0.25) is 0 Å². The Balaban J connectivity index is 0.00000392. The smallest absolute Gasteiger partial charge is 0.228 e. The summed E-state index contributed by atoms with van der Waals surface area (Å²) in [5.74, 6) is 2.42. The fourth-order valence-electron chi connectivity index (χ4n) is 2.33. The van der Waals surface area contributed by atoms with Gasteiger partial charge >= 0.3 is 0 Å². The lowest BCUT2D eigenvalue weighted by Gasteiger charge is -2.20. The molecule has 0 aliphatic carbocycles. The summed E-state index contributed by atoms with van der Waals surface area (Å²) in [4.78, 5) is 8.54. The maximum Gasteiger partial charge on any atom is 0.228 e. The maximum atomic E-state index is 13.3. The molecular formula is C19H29FIN5O2. The summed E-state index contributed by atoms with van der Waals surface area (Å²) in [5, 5.41) is 10.4. The van der Waals surface area contributed by atoms with Crippen molar-refractivity contribution < 1.29 is 13.7 Å². The van der Waals surface area contributed by atoms with E-state index in [-0.39, 0.29) is 41.8 Å². The van der Waals surface area contributed by atoms with Gasteiger partial charge in [0.2, 0.25) is 5.89 Å².